The van der Waals surface area contributed by atoms with Gasteiger partial charge in [-0.25, -0.2) is 5.06 Å². The third-order valence-electron chi connectivity index (χ3n) is 3.10. The van der Waals surface area contributed by atoms with E-state index >= 15 is 0 Å². The van der Waals surface area contributed by atoms with Crippen molar-refractivity contribution >= 4 is 5.69 Å². The molecule has 2 heteroatoms. The fourth-order valence-corrected chi connectivity index (χ4v) is 2.31. The van der Waals surface area contributed by atoms with E-state index in [-0.39, 0.29) is 6.10 Å². The summed E-state index contributed by atoms with van der Waals surface area (Å²) in [5.74, 6) is 0. The zero-order valence-corrected chi connectivity index (χ0v) is 8.67. The summed E-state index contributed by atoms with van der Waals surface area (Å²) in [5.41, 5.74) is 1.17. The zero-order valence-electron chi connectivity index (χ0n) is 8.67. The Morgan fingerprint density at radius 3 is 2.80 bits per heavy atom. The molecule has 1 aromatic rings. The fraction of sp³-hybridized carbons (Fsp3) is 0.385. The van der Waals surface area contributed by atoms with Gasteiger partial charge in [0.15, 0.2) is 0 Å². The van der Waals surface area contributed by atoms with Crippen molar-refractivity contribution in [2.24, 2.45) is 0 Å². The summed E-state index contributed by atoms with van der Waals surface area (Å²) < 4.78 is 0. The van der Waals surface area contributed by atoms with E-state index in [9.17, 15) is 0 Å². The molecule has 2 heterocycles. The number of hydrogen-bond acceptors (Lipinski definition) is 2. The molecule has 15 heavy (non-hydrogen) atoms. The quantitative estimate of drug-likeness (QED) is 0.648. The van der Waals surface area contributed by atoms with Gasteiger partial charge in [-0.1, -0.05) is 30.4 Å². The van der Waals surface area contributed by atoms with Crippen LogP contribution in [-0.2, 0) is 4.84 Å². The van der Waals surface area contributed by atoms with Crippen molar-refractivity contribution in [1.82, 2.24) is 0 Å². The minimum absolute atomic E-state index is 0.281. The first kappa shape index (κ1) is 8.98. The number of rotatable bonds is 1. The van der Waals surface area contributed by atoms with Crippen LogP contribution in [0.2, 0.25) is 0 Å². The van der Waals surface area contributed by atoms with E-state index < -0.39 is 0 Å². The first-order chi connectivity index (χ1) is 7.43. The minimum Gasteiger partial charge on any atom is -0.265 e. The smallest absolute Gasteiger partial charge is 0.104 e. The van der Waals surface area contributed by atoms with Gasteiger partial charge < -0.3 is 0 Å². The van der Waals surface area contributed by atoms with Gasteiger partial charge in [-0.05, 0) is 31.4 Å². The van der Waals surface area contributed by atoms with Crippen LogP contribution in [0.25, 0.3) is 0 Å². The van der Waals surface area contributed by atoms with E-state index in [2.05, 4.69) is 41.5 Å². The molecule has 78 valence electrons. The molecule has 1 saturated heterocycles. The van der Waals surface area contributed by atoms with Gasteiger partial charge in [-0.15, -0.1) is 0 Å². The lowest BCUT2D eigenvalue weighted by Crippen LogP contribution is -2.38. The number of fused-ring (bicyclic) bond motifs is 3. The Bertz CT molecular complexity index is 360. The molecule has 2 bridgehead atoms. The van der Waals surface area contributed by atoms with E-state index in [0.717, 1.165) is 6.42 Å². The number of hydroxylamine groups is 1. The molecule has 0 saturated carbocycles. The molecule has 0 N–H and O–H groups in total. The Kier molecular flexibility index (Phi) is 2.22. The molecule has 1 aromatic carbocycles. The SMILES string of the molecule is C1=C[C@H]2CCC[C@@H]1N(c1ccccc1)O2. The average Bonchev–Trinajstić information content (AvgIpc) is 2.65. The normalized spacial score (nSPS) is 29.2. The van der Waals surface area contributed by atoms with Crippen LogP contribution in [0.5, 0.6) is 0 Å². The summed E-state index contributed by atoms with van der Waals surface area (Å²) in [6.45, 7) is 0. The maximum atomic E-state index is 5.94. The standard InChI is InChI=1S/C13H15NO/c1-2-5-11(6-3-1)14-12-7-4-8-13(15-14)10-9-12/h1-3,5-6,9-10,12-13H,4,7-8H2/t12-,13+/m0/s1. The predicted octanol–water partition coefficient (Wildman–Crippen LogP) is 2.92. The van der Waals surface area contributed by atoms with Crippen molar-refractivity contribution < 1.29 is 4.84 Å². The van der Waals surface area contributed by atoms with Gasteiger partial charge in [0.1, 0.15) is 6.10 Å². The van der Waals surface area contributed by atoms with Gasteiger partial charge >= 0.3 is 0 Å². The monoisotopic (exact) mass is 201 g/mol. The zero-order chi connectivity index (χ0) is 10.1. The summed E-state index contributed by atoms with van der Waals surface area (Å²) in [6, 6.07) is 10.8. The maximum absolute atomic E-state index is 5.94. The largest absolute Gasteiger partial charge is 0.265 e. The Morgan fingerprint density at radius 1 is 1.07 bits per heavy atom. The highest BCUT2D eigenvalue weighted by Gasteiger charge is 2.28. The third kappa shape index (κ3) is 1.65. The summed E-state index contributed by atoms with van der Waals surface area (Å²) in [6.07, 6.45) is 8.37. The molecule has 1 fully saturated rings. The van der Waals surface area contributed by atoms with Crippen molar-refractivity contribution in [2.45, 2.75) is 31.4 Å². The third-order valence-corrected chi connectivity index (χ3v) is 3.10. The number of hydrogen-bond donors (Lipinski definition) is 0. The number of anilines is 1. The summed E-state index contributed by atoms with van der Waals surface area (Å²) in [4.78, 5) is 5.94. The van der Waals surface area contributed by atoms with E-state index in [0.29, 0.717) is 6.04 Å². The van der Waals surface area contributed by atoms with Crippen molar-refractivity contribution in [2.75, 3.05) is 5.06 Å². The lowest BCUT2D eigenvalue weighted by Gasteiger charge is -2.33. The molecule has 3 aliphatic rings. The van der Waals surface area contributed by atoms with Gasteiger partial charge in [0.25, 0.3) is 0 Å². The molecule has 2 atom stereocenters. The van der Waals surface area contributed by atoms with E-state index in [4.69, 9.17) is 4.84 Å². The van der Waals surface area contributed by atoms with Crippen molar-refractivity contribution in [3.8, 4) is 0 Å². The Hall–Kier alpha value is -1.28. The molecular weight excluding hydrogens is 186 g/mol. The van der Waals surface area contributed by atoms with E-state index in [1.165, 1.54) is 18.5 Å². The second-order valence-corrected chi connectivity index (χ2v) is 4.19. The lowest BCUT2D eigenvalue weighted by molar-refractivity contribution is 0.0511. The molecule has 1 aliphatic carbocycles. The van der Waals surface area contributed by atoms with Crippen LogP contribution in [0.3, 0.4) is 0 Å². The number of nitrogens with zero attached hydrogens (tertiary/aromatic N) is 1. The summed E-state index contributed by atoms with van der Waals surface area (Å²) in [7, 11) is 0. The Balaban J connectivity index is 1.91. The number of para-hydroxylation sites is 1. The highest BCUT2D eigenvalue weighted by Crippen LogP contribution is 2.30. The Labute approximate surface area is 90.1 Å². The minimum atomic E-state index is 0.281. The maximum Gasteiger partial charge on any atom is 0.104 e. The average molecular weight is 201 g/mol. The van der Waals surface area contributed by atoms with Crippen molar-refractivity contribution in [3.63, 3.8) is 0 Å². The van der Waals surface area contributed by atoms with Crippen LogP contribution in [0, 0.1) is 0 Å². The van der Waals surface area contributed by atoms with Gasteiger partial charge in [-0.3, -0.25) is 4.84 Å². The molecule has 0 amide bonds. The second-order valence-electron chi connectivity index (χ2n) is 4.19. The molecule has 0 radical (unpaired) electrons. The van der Waals surface area contributed by atoms with Crippen LogP contribution >= 0.6 is 0 Å². The molecule has 0 aromatic heterocycles. The highest BCUT2D eigenvalue weighted by atomic mass is 16.7. The van der Waals surface area contributed by atoms with Crippen molar-refractivity contribution in [1.29, 1.82) is 0 Å². The number of benzene rings is 1. The lowest BCUT2D eigenvalue weighted by atomic mass is 10.1. The van der Waals surface area contributed by atoms with Crippen LogP contribution in [-0.4, -0.2) is 12.1 Å². The van der Waals surface area contributed by atoms with Crippen LogP contribution < -0.4 is 5.06 Å². The Morgan fingerprint density at radius 2 is 1.93 bits per heavy atom. The molecule has 2 nitrogen and oxygen atoms in total. The van der Waals surface area contributed by atoms with Gasteiger partial charge in [0.05, 0.1) is 11.7 Å². The molecule has 0 spiro atoms. The second kappa shape index (κ2) is 3.70. The van der Waals surface area contributed by atoms with Gasteiger partial charge in [-0.2, -0.15) is 0 Å². The molecule has 4 rings (SSSR count). The van der Waals surface area contributed by atoms with Gasteiger partial charge in [0.2, 0.25) is 0 Å². The molecular formula is C13H15NO. The first-order valence-corrected chi connectivity index (χ1v) is 5.63. The van der Waals surface area contributed by atoms with Gasteiger partial charge in [0, 0.05) is 0 Å². The van der Waals surface area contributed by atoms with E-state index in [1.54, 1.807) is 0 Å². The van der Waals surface area contributed by atoms with Crippen LogP contribution in [0.4, 0.5) is 5.69 Å². The fourth-order valence-electron chi connectivity index (χ4n) is 2.31. The van der Waals surface area contributed by atoms with Crippen LogP contribution in [0.15, 0.2) is 42.5 Å². The summed E-state index contributed by atoms with van der Waals surface area (Å²) in [5, 5.41) is 2.07. The summed E-state index contributed by atoms with van der Waals surface area (Å²) >= 11 is 0. The topological polar surface area (TPSA) is 12.5 Å². The first-order valence-electron chi connectivity index (χ1n) is 5.63. The molecule has 2 aliphatic heterocycles. The van der Waals surface area contributed by atoms with Crippen LogP contribution in [0.1, 0.15) is 19.3 Å². The molecule has 0 unspecified atom stereocenters. The van der Waals surface area contributed by atoms with Crippen molar-refractivity contribution in [3.05, 3.63) is 42.5 Å². The predicted molar refractivity (Wildman–Crippen MR) is 60.6 cm³/mol. The van der Waals surface area contributed by atoms with E-state index in [1.807, 2.05) is 6.07 Å². The highest BCUT2D eigenvalue weighted by molar-refractivity contribution is 5.46.